The van der Waals surface area contributed by atoms with Crippen molar-refractivity contribution in [3.05, 3.63) is 53.1 Å². The van der Waals surface area contributed by atoms with Gasteiger partial charge in [-0.15, -0.1) is 0 Å². The lowest BCUT2D eigenvalue weighted by molar-refractivity contribution is -0.116. The van der Waals surface area contributed by atoms with Crippen LogP contribution >= 0.6 is 0 Å². The Morgan fingerprint density at radius 2 is 1.68 bits per heavy atom. The molecule has 0 radical (unpaired) electrons. The van der Waals surface area contributed by atoms with Gasteiger partial charge >= 0.3 is 0 Å². The lowest BCUT2D eigenvalue weighted by atomic mass is 9.99. The first-order valence-corrected chi connectivity index (χ1v) is 11.7. The van der Waals surface area contributed by atoms with Crippen LogP contribution in [0, 0.1) is 13.8 Å². The number of nitrogens with one attached hydrogen (secondary N) is 1. The van der Waals surface area contributed by atoms with E-state index in [1.807, 2.05) is 32.0 Å². The third kappa shape index (κ3) is 5.92. The average Bonchev–Trinajstić information content (AvgIpc) is 2.74. The molecule has 2 aromatic carbocycles. The van der Waals surface area contributed by atoms with Crippen LogP contribution in [0.4, 0.5) is 5.69 Å². The van der Waals surface area contributed by atoms with Gasteiger partial charge in [-0.1, -0.05) is 31.5 Å². The number of Topliss-reactive ketones (excluding diaryl/α,β-unsaturated/α-hetero) is 1. The van der Waals surface area contributed by atoms with Crippen molar-refractivity contribution in [1.29, 1.82) is 0 Å². The third-order valence-corrected chi connectivity index (χ3v) is 7.11. The van der Waals surface area contributed by atoms with E-state index in [-0.39, 0.29) is 29.2 Å². The van der Waals surface area contributed by atoms with Gasteiger partial charge in [0.05, 0.1) is 17.7 Å². The number of ketones is 1. The van der Waals surface area contributed by atoms with Crippen LogP contribution in [0.2, 0.25) is 0 Å². The van der Waals surface area contributed by atoms with Crippen molar-refractivity contribution in [3.63, 3.8) is 0 Å². The van der Waals surface area contributed by atoms with E-state index in [9.17, 15) is 18.0 Å². The molecule has 8 heteroatoms. The maximum atomic E-state index is 12.8. The fourth-order valence-electron chi connectivity index (χ4n) is 3.27. The van der Waals surface area contributed by atoms with Gasteiger partial charge in [0.1, 0.15) is 5.75 Å². The van der Waals surface area contributed by atoms with Crippen LogP contribution in [-0.4, -0.2) is 44.6 Å². The van der Waals surface area contributed by atoms with Gasteiger partial charge in [-0.05, 0) is 43.7 Å². The average molecular weight is 447 g/mol. The Morgan fingerprint density at radius 1 is 1.00 bits per heavy atom. The number of benzene rings is 2. The molecule has 0 aliphatic carbocycles. The molecular weight excluding hydrogens is 416 g/mol. The quantitative estimate of drug-likeness (QED) is 0.558. The minimum absolute atomic E-state index is 0.0254. The molecule has 31 heavy (non-hydrogen) atoms. The number of ether oxygens (including phenoxy) is 1. The largest absolute Gasteiger partial charge is 0.495 e. The SMILES string of the molecule is CCN(CC)S(=O)(=O)c1ccc(OC)c(NC(=O)CCC(=O)c2cc(C)ccc2C)c1. The Bertz CT molecular complexity index is 1060. The van der Waals surface area contributed by atoms with Gasteiger partial charge < -0.3 is 10.1 Å². The zero-order valence-electron chi connectivity index (χ0n) is 18.7. The van der Waals surface area contributed by atoms with E-state index in [2.05, 4.69) is 5.32 Å². The molecule has 0 fully saturated rings. The molecule has 0 saturated heterocycles. The second-order valence-corrected chi connectivity index (χ2v) is 9.18. The van der Waals surface area contributed by atoms with Crippen molar-refractivity contribution in [3.8, 4) is 5.75 Å². The fraction of sp³-hybridized carbons (Fsp3) is 0.391. The number of amides is 1. The zero-order valence-corrected chi connectivity index (χ0v) is 19.5. The number of hydrogen-bond donors (Lipinski definition) is 1. The van der Waals surface area contributed by atoms with Crippen LogP contribution in [0.5, 0.6) is 5.75 Å². The fourth-order valence-corrected chi connectivity index (χ4v) is 4.75. The summed E-state index contributed by atoms with van der Waals surface area (Å²) in [7, 11) is -2.24. The van der Waals surface area contributed by atoms with Crippen LogP contribution < -0.4 is 10.1 Å². The molecule has 7 nitrogen and oxygen atoms in total. The summed E-state index contributed by atoms with van der Waals surface area (Å²) < 4.78 is 32.2. The molecule has 0 aliphatic rings. The summed E-state index contributed by atoms with van der Waals surface area (Å²) in [5, 5.41) is 2.68. The summed E-state index contributed by atoms with van der Waals surface area (Å²) in [6.07, 6.45) is 0.0261. The predicted octanol–water partition coefficient (Wildman–Crippen LogP) is 3.94. The maximum absolute atomic E-state index is 12.8. The van der Waals surface area contributed by atoms with Crippen molar-refractivity contribution < 1.29 is 22.7 Å². The van der Waals surface area contributed by atoms with E-state index in [0.717, 1.165) is 11.1 Å². The molecule has 2 rings (SSSR count). The van der Waals surface area contributed by atoms with E-state index in [1.165, 1.54) is 29.6 Å². The highest BCUT2D eigenvalue weighted by molar-refractivity contribution is 7.89. The standard InChI is InChI=1S/C23H30N2O5S/c1-6-25(7-2)31(28,29)18-10-12-22(30-5)20(15-18)24-23(27)13-11-21(26)19-14-16(3)8-9-17(19)4/h8-10,12,14-15H,6-7,11,13H2,1-5H3,(H,24,27). The van der Waals surface area contributed by atoms with Gasteiger partial charge in [0, 0.05) is 31.5 Å². The first-order valence-electron chi connectivity index (χ1n) is 10.2. The third-order valence-electron chi connectivity index (χ3n) is 5.06. The monoisotopic (exact) mass is 446 g/mol. The zero-order chi connectivity index (χ0) is 23.2. The number of methoxy groups -OCH3 is 1. The van der Waals surface area contributed by atoms with Crippen LogP contribution in [0.1, 0.15) is 48.2 Å². The molecule has 1 amide bonds. The van der Waals surface area contributed by atoms with E-state index in [1.54, 1.807) is 13.8 Å². The Morgan fingerprint density at radius 3 is 2.29 bits per heavy atom. The molecular formula is C23H30N2O5S. The van der Waals surface area contributed by atoms with Gasteiger partial charge in [0.2, 0.25) is 15.9 Å². The highest BCUT2D eigenvalue weighted by atomic mass is 32.2. The van der Waals surface area contributed by atoms with Gasteiger partial charge in [-0.2, -0.15) is 4.31 Å². The summed E-state index contributed by atoms with van der Waals surface area (Å²) in [5.74, 6) is -0.164. The van der Waals surface area contributed by atoms with Crippen LogP contribution in [0.25, 0.3) is 0 Å². The second kappa shape index (κ2) is 10.5. The molecule has 0 bridgehead atoms. The maximum Gasteiger partial charge on any atom is 0.243 e. The van der Waals surface area contributed by atoms with Crippen molar-refractivity contribution >= 4 is 27.4 Å². The lowest BCUT2D eigenvalue weighted by Gasteiger charge is -2.19. The minimum Gasteiger partial charge on any atom is -0.495 e. The Kier molecular flexibility index (Phi) is 8.36. The van der Waals surface area contributed by atoms with E-state index >= 15 is 0 Å². The summed E-state index contributed by atoms with van der Waals surface area (Å²) in [6.45, 7) is 7.98. The summed E-state index contributed by atoms with van der Waals surface area (Å²) in [6, 6.07) is 9.98. The molecule has 0 spiro atoms. The number of carbonyl (C=O) groups excluding carboxylic acids is 2. The number of aryl methyl sites for hydroxylation is 2. The van der Waals surface area contributed by atoms with Gasteiger partial charge in [0.25, 0.3) is 0 Å². The second-order valence-electron chi connectivity index (χ2n) is 7.24. The van der Waals surface area contributed by atoms with Gasteiger partial charge in [-0.3, -0.25) is 9.59 Å². The highest BCUT2D eigenvalue weighted by Crippen LogP contribution is 2.29. The number of carbonyl (C=O) groups is 2. The normalized spacial score (nSPS) is 11.4. The number of hydrogen-bond acceptors (Lipinski definition) is 5. The first-order chi connectivity index (χ1) is 14.6. The molecule has 0 aliphatic heterocycles. The predicted molar refractivity (Wildman–Crippen MR) is 121 cm³/mol. The number of anilines is 1. The summed E-state index contributed by atoms with van der Waals surface area (Å²) in [5.41, 5.74) is 2.71. The summed E-state index contributed by atoms with van der Waals surface area (Å²) >= 11 is 0. The first kappa shape index (κ1) is 24.6. The molecule has 2 aromatic rings. The molecule has 1 N–H and O–H groups in total. The summed E-state index contributed by atoms with van der Waals surface area (Å²) in [4.78, 5) is 25.1. The Labute approximate surface area is 184 Å². The van der Waals surface area contributed by atoms with E-state index in [4.69, 9.17) is 4.74 Å². The Hall–Kier alpha value is -2.71. The van der Waals surface area contributed by atoms with Crippen molar-refractivity contribution in [2.45, 2.75) is 45.4 Å². The smallest absolute Gasteiger partial charge is 0.243 e. The Balaban J connectivity index is 2.16. The molecule has 168 valence electrons. The van der Waals surface area contributed by atoms with Gasteiger partial charge in [-0.25, -0.2) is 8.42 Å². The van der Waals surface area contributed by atoms with Crippen LogP contribution in [0.3, 0.4) is 0 Å². The van der Waals surface area contributed by atoms with Crippen molar-refractivity contribution in [1.82, 2.24) is 4.31 Å². The van der Waals surface area contributed by atoms with Crippen LogP contribution in [-0.2, 0) is 14.8 Å². The number of nitrogens with zero attached hydrogens (tertiary/aromatic N) is 1. The molecule has 0 aromatic heterocycles. The van der Waals surface area contributed by atoms with Crippen LogP contribution in [0.15, 0.2) is 41.3 Å². The molecule has 0 unspecified atom stereocenters. The number of sulfonamides is 1. The highest BCUT2D eigenvalue weighted by Gasteiger charge is 2.23. The topological polar surface area (TPSA) is 92.8 Å². The molecule has 0 saturated carbocycles. The minimum atomic E-state index is -3.68. The van der Waals surface area contributed by atoms with E-state index < -0.39 is 15.9 Å². The van der Waals surface area contributed by atoms with E-state index in [0.29, 0.717) is 24.4 Å². The molecule has 0 atom stereocenters. The lowest BCUT2D eigenvalue weighted by Crippen LogP contribution is -2.30. The molecule has 0 heterocycles. The van der Waals surface area contributed by atoms with Gasteiger partial charge in [0.15, 0.2) is 5.78 Å². The number of rotatable bonds is 10. The van der Waals surface area contributed by atoms with Crippen molar-refractivity contribution in [2.75, 3.05) is 25.5 Å². The van der Waals surface area contributed by atoms with Crippen molar-refractivity contribution in [2.24, 2.45) is 0 Å².